The van der Waals surface area contributed by atoms with Crippen LogP contribution in [0.25, 0.3) is 0 Å². The monoisotopic (exact) mass is 342 g/mol. The highest BCUT2D eigenvalue weighted by atomic mass is 16.7. The van der Waals surface area contributed by atoms with E-state index >= 15 is 0 Å². The molecule has 1 heterocycles. The van der Waals surface area contributed by atoms with Gasteiger partial charge in [-0.05, 0) is 80.0 Å². The van der Waals surface area contributed by atoms with Gasteiger partial charge in [0.05, 0.1) is 19.8 Å². The first-order valence-electron chi connectivity index (χ1n) is 10.0. The molecule has 0 N–H and O–H groups in total. The van der Waals surface area contributed by atoms with Crippen molar-refractivity contribution in [2.75, 3.05) is 13.7 Å². The lowest BCUT2D eigenvalue weighted by atomic mass is 9.55. The number of aryl methyl sites for hydroxylation is 1. The van der Waals surface area contributed by atoms with Gasteiger partial charge in [-0.2, -0.15) is 0 Å². The van der Waals surface area contributed by atoms with E-state index in [1.807, 2.05) is 0 Å². The zero-order valence-corrected chi connectivity index (χ0v) is 15.7. The second-order valence-corrected chi connectivity index (χ2v) is 8.97. The van der Waals surface area contributed by atoms with E-state index in [0.717, 1.165) is 30.6 Å². The van der Waals surface area contributed by atoms with Crippen LogP contribution in [0.3, 0.4) is 0 Å². The van der Waals surface area contributed by atoms with Crippen LogP contribution in [0.15, 0.2) is 18.2 Å². The Morgan fingerprint density at radius 3 is 2.80 bits per heavy atom. The van der Waals surface area contributed by atoms with Gasteiger partial charge in [0.15, 0.2) is 5.79 Å². The minimum absolute atomic E-state index is 0.183. The summed E-state index contributed by atoms with van der Waals surface area (Å²) in [6, 6.07) is 6.75. The molecule has 0 amide bonds. The Hall–Kier alpha value is -1.06. The van der Waals surface area contributed by atoms with Gasteiger partial charge in [-0.15, -0.1) is 0 Å². The predicted molar refractivity (Wildman–Crippen MR) is 96.8 cm³/mol. The van der Waals surface area contributed by atoms with Gasteiger partial charge in [-0.25, -0.2) is 0 Å². The van der Waals surface area contributed by atoms with Crippen molar-refractivity contribution in [3.63, 3.8) is 0 Å². The van der Waals surface area contributed by atoms with Crippen LogP contribution in [0.5, 0.6) is 5.75 Å². The standard InChI is InChI=1S/C22H30O3/c1-14-13-24-22(25-14)11-9-20-19-6-4-15-12-16(23-3)5-7-17(15)18(19)8-10-21(20,22)2/h5,7,12,14,18-20H,4,6,8-11,13H2,1-3H3/t14?,18-,19-,20+,21+,22?/m1/s1. The van der Waals surface area contributed by atoms with E-state index in [4.69, 9.17) is 14.2 Å². The van der Waals surface area contributed by atoms with Gasteiger partial charge in [0.25, 0.3) is 0 Å². The highest BCUT2D eigenvalue weighted by Gasteiger charge is 2.65. The quantitative estimate of drug-likeness (QED) is 0.741. The maximum absolute atomic E-state index is 6.42. The fourth-order valence-corrected chi connectivity index (χ4v) is 6.72. The Labute approximate surface area is 151 Å². The summed E-state index contributed by atoms with van der Waals surface area (Å²) >= 11 is 0. The smallest absolute Gasteiger partial charge is 0.174 e. The van der Waals surface area contributed by atoms with Crippen LogP contribution in [0, 0.1) is 17.3 Å². The molecule has 5 rings (SSSR count). The largest absolute Gasteiger partial charge is 0.497 e. The van der Waals surface area contributed by atoms with Crippen molar-refractivity contribution in [2.45, 2.75) is 70.2 Å². The zero-order valence-electron chi connectivity index (χ0n) is 15.7. The first-order chi connectivity index (χ1) is 12.1. The summed E-state index contributed by atoms with van der Waals surface area (Å²) in [4.78, 5) is 0. The third-order valence-electron chi connectivity index (χ3n) is 7.92. The number of rotatable bonds is 1. The summed E-state index contributed by atoms with van der Waals surface area (Å²) < 4.78 is 18.2. The van der Waals surface area contributed by atoms with Gasteiger partial charge in [0.1, 0.15) is 5.75 Å². The second kappa shape index (κ2) is 5.47. The van der Waals surface area contributed by atoms with Gasteiger partial charge in [-0.3, -0.25) is 0 Å². The Balaban J connectivity index is 1.47. The molecule has 2 saturated carbocycles. The molecule has 0 bridgehead atoms. The summed E-state index contributed by atoms with van der Waals surface area (Å²) in [5, 5.41) is 0. The van der Waals surface area contributed by atoms with Gasteiger partial charge in [0, 0.05) is 11.8 Å². The average Bonchev–Trinajstić information content (AvgIpc) is 3.15. The molecule has 3 nitrogen and oxygen atoms in total. The molecule has 1 spiro atoms. The molecule has 6 atom stereocenters. The fourth-order valence-electron chi connectivity index (χ4n) is 6.72. The summed E-state index contributed by atoms with van der Waals surface area (Å²) in [6.07, 6.45) is 7.55. The first-order valence-corrected chi connectivity index (χ1v) is 10.0. The lowest BCUT2D eigenvalue weighted by Gasteiger charge is -2.52. The maximum Gasteiger partial charge on any atom is 0.174 e. The second-order valence-electron chi connectivity index (χ2n) is 8.97. The van der Waals surface area contributed by atoms with E-state index in [1.165, 1.54) is 37.7 Å². The molecule has 1 aromatic carbocycles. The van der Waals surface area contributed by atoms with Crippen molar-refractivity contribution in [2.24, 2.45) is 17.3 Å². The van der Waals surface area contributed by atoms with Crippen molar-refractivity contribution >= 4 is 0 Å². The number of fused-ring (bicyclic) bond motifs is 6. The zero-order chi connectivity index (χ0) is 17.2. The molecule has 1 aromatic rings. The number of hydrogen-bond donors (Lipinski definition) is 0. The Bertz CT molecular complexity index is 686. The normalized spacial score (nSPS) is 45.1. The molecule has 3 aliphatic carbocycles. The lowest BCUT2D eigenvalue weighted by molar-refractivity contribution is -0.243. The minimum atomic E-state index is -0.303. The topological polar surface area (TPSA) is 27.7 Å². The van der Waals surface area contributed by atoms with Crippen LogP contribution in [0.2, 0.25) is 0 Å². The molecule has 136 valence electrons. The van der Waals surface area contributed by atoms with Crippen molar-refractivity contribution in [1.82, 2.24) is 0 Å². The Morgan fingerprint density at radius 1 is 1.16 bits per heavy atom. The summed E-state index contributed by atoms with van der Waals surface area (Å²) in [6.45, 7) is 5.38. The summed E-state index contributed by atoms with van der Waals surface area (Å²) in [5.74, 6) is 2.91. The van der Waals surface area contributed by atoms with Crippen LogP contribution < -0.4 is 4.74 Å². The molecule has 25 heavy (non-hydrogen) atoms. The summed E-state index contributed by atoms with van der Waals surface area (Å²) in [5.41, 5.74) is 3.28. The number of benzene rings is 1. The highest BCUT2D eigenvalue weighted by Crippen LogP contribution is 2.66. The molecular weight excluding hydrogens is 312 g/mol. The first kappa shape index (κ1) is 16.1. The van der Waals surface area contributed by atoms with E-state index in [9.17, 15) is 0 Å². The Morgan fingerprint density at radius 2 is 2.04 bits per heavy atom. The van der Waals surface area contributed by atoms with Gasteiger partial charge < -0.3 is 14.2 Å². The predicted octanol–water partition coefficient (Wildman–Crippen LogP) is 4.68. The molecule has 2 unspecified atom stereocenters. The molecular formula is C22H30O3. The molecule has 1 saturated heterocycles. The SMILES string of the molecule is COc1ccc2c(c1)CC[C@@H]1[C@@H]2CC[C@@]2(C)[C@H]1CCC21OCC(C)O1. The van der Waals surface area contributed by atoms with Gasteiger partial charge in [-0.1, -0.05) is 13.0 Å². The molecule has 1 aliphatic heterocycles. The minimum Gasteiger partial charge on any atom is -0.497 e. The van der Waals surface area contributed by atoms with Crippen LogP contribution in [-0.2, 0) is 15.9 Å². The van der Waals surface area contributed by atoms with Crippen molar-refractivity contribution in [1.29, 1.82) is 0 Å². The van der Waals surface area contributed by atoms with Gasteiger partial charge >= 0.3 is 0 Å². The number of methoxy groups -OCH3 is 1. The van der Waals surface area contributed by atoms with E-state index in [-0.39, 0.29) is 17.3 Å². The number of hydrogen-bond acceptors (Lipinski definition) is 3. The highest BCUT2D eigenvalue weighted by molar-refractivity contribution is 5.40. The van der Waals surface area contributed by atoms with Crippen LogP contribution in [-0.4, -0.2) is 25.6 Å². The fraction of sp³-hybridized carbons (Fsp3) is 0.727. The molecule has 3 fully saturated rings. The van der Waals surface area contributed by atoms with E-state index in [2.05, 4.69) is 32.0 Å². The van der Waals surface area contributed by atoms with Crippen LogP contribution in [0.4, 0.5) is 0 Å². The number of ether oxygens (including phenoxy) is 3. The maximum atomic E-state index is 6.42. The van der Waals surface area contributed by atoms with E-state index < -0.39 is 0 Å². The van der Waals surface area contributed by atoms with E-state index in [0.29, 0.717) is 5.92 Å². The van der Waals surface area contributed by atoms with Crippen molar-refractivity contribution in [3.8, 4) is 5.75 Å². The van der Waals surface area contributed by atoms with Crippen LogP contribution in [0.1, 0.15) is 63.0 Å². The third kappa shape index (κ3) is 2.12. The molecule has 3 heteroatoms. The molecule has 4 aliphatic rings. The molecule has 0 aromatic heterocycles. The average molecular weight is 342 g/mol. The van der Waals surface area contributed by atoms with Gasteiger partial charge in [0.2, 0.25) is 0 Å². The summed E-state index contributed by atoms with van der Waals surface area (Å²) in [7, 11) is 1.76. The van der Waals surface area contributed by atoms with Crippen LogP contribution >= 0.6 is 0 Å². The Kier molecular flexibility index (Phi) is 3.53. The van der Waals surface area contributed by atoms with Crippen molar-refractivity contribution in [3.05, 3.63) is 29.3 Å². The van der Waals surface area contributed by atoms with E-state index in [1.54, 1.807) is 12.7 Å². The molecule has 0 radical (unpaired) electrons. The third-order valence-corrected chi connectivity index (χ3v) is 7.92. The van der Waals surface area contributed by atoms with Crippen molar-refractivity contribution < 1.29 is 14.2 Å². The lowest BCUT2D eigenvalue weighted by Crippen LogP contribution is -2.51.